The molecule has 1 aliphatic heterocycles. The van der Waals surface area contributed by atoms with Crippen LogP contribution in [0, 0.1) is 0 Å². The van der Waals surface area contributed by atoms with Gasteiger partial charge in [-0.3, -0.25) is 0 Å². The van der Waals surface area contributed by atoms with Gasteiger partial charge in [-0.05, 0) is 33.6 Å². The lowest BCUT2D eigenvalue weighted by atomic mass is 10.1. The van der Waals surface area contributed by atoms with Gasteiger partial charge >= 0.3 is 6.09 Å². The van der Waals surface area contributed by atoms with Gasteiger partial charge in [0.1, 0.15) is 11.1 Å². The highest BCUT2D eigenvalue weighted by Crippen LogP contribution is 2.19. The highest BCUT2D eigenvalue weighted by Gasteiger charge is 2.27. The first kappa shape index (κ1) is 14.0. The lowest BCUT2D eigenvalue weighted by molar-refractivity contribution is 0.0206. The Morgan fingerprint density at radius 2 is 2.37 bits per heavy atom. The summed E-state index contributed by atoms with van der Waals surface area (Å²) in [6.45, 7) is 7.04. The van der Waals surface area contributed by atoms with Crippen LogP contribution in [0.1, 0.15) is 33.6 Å². The van der Waals surface area contributed by atoms with Crippen molar-refractivity contribution in [1.82, 2.24) is 15.1 Å². The SMILES string of the molecule is CC(C)(C)OC(=O)N1CCCC(Nc2nncs2)C1. The van der Waals surface area contributed by atoms with Crippen LogP contribution < -0.4 is 5.32 Å². The average molecular weight is 284 g/mol. The zero-order valence-electron chi connectivity index (χ0n) is 11.5. The minimum atomic E-state index is -0.448. The molecule has 0 saturated carbocycles. The number of likely N-dealkylation sites (tertiary alicyclic amines) is 1. The number of ether oxygens (including phenoxy) is 1. The Balaban J connectivity index is 1.88. The molecule has 19 heavy (non-hydrogen) atoms. The summed E-state index contributed by atoms with van der Waals surface area (Å²) in [6, 6.07) is 0.217. The van der Waals surface area contributed by atoms with Crippen molar-refractivity contribution in [1.29, 1.82) is 0 Å². The molecule has 0 aromatic carbocycles. The fraction of sp³-hybridized carbons (Fsp3) is 0.750. The number of carbonyl (C=O) groups is 1. The Morgan fingerprint density at radius 1 is 1.58 bits per heavy atom. The van der Waals surface area contributed by atoms with Crippen LogP contribution in [0.5, 0.6) is 0 Å². The Hall–Kier alpha value is -1.37. The maximum Gasteiger partial charge on any atom is 0.410 e. The number of carbonyl (C=O) groups excluding carboxylic acids is 1. The summed E-state index contributed by atoms with van der Waals surface area (Å²) in [5.41, 5.74) is 1.24. The Morgan fingerprint density at radius 3 is 3.00 bits per heavy atom. The van der Waals surface area contributed by atoms with Crippen LogP contribution >= 0.6 is 11.3 Å². The molecule has 2 rings (SSSR count). The minimum Gasteiger partial charge on any atom is -0.444 e. The first-order valence-corrected chi connectivity index (χ1v) is 7.32. The van der Waals surface area contributed by atoms with Crippen molar-refractivity contribution in [2.45, 2.75) is 45.3 Å². The van der Waals surface area contributed by atoms with E-state index in [1.54, 1.807) is 10.4 Å². The van der Waals surface area contributed by atoms with Crippen LogP contribution in [-0.4, -0.2) is 45.9 Å². The van der Waals surface area contributed by atoms with Gasteiger partial charge in [-0.15, -0.1) is 10.2 Å². The van der Waals surface area contributed by atoms with Gasteiger partial charge in [0.15, 0.2) is 0 Å². The van der Waals surface area contributed by atoms with E-state index >= 15 is 0 Å². The number of nitrogens with zero attached hydrogens (tertiary/aromatic N) is 3. The predicted octanol–water partition coefficient (Wildman–Crippen LogP) is 2.35. The predicted molar refractivity (Wildman–Crippen MR) is 74.4 cm³/mol. The zero-order chi connectivity index (χ0) is 13.9. The summed E-state index contributed by atoms with van der Waals surface area (Å²) < 4.78 is 5.39. The van der Waals surface area contributed by atoms with E-state index in [1.165, 1.54) is 11.3 Å². The van der Waals surface area contributed by atoms with E-state index in [9.17, 15) is 4.79 Å². The van der Waals surface area contributed by atoms with E-state index in [2.05, 4.69) is 15.5 Å². The molecule has 1 saturated heterocycles. The van der Waals surface area contributed by atoms with E-state index < -0.39 is 5.60 Å². The Bertz CT molecular complexity index is 416. The largest absolute Gasteiger partial charge is 0.444 e. The maximum absolute atomic E-state index is 12.0. The zero-order valence-corrected chi connectivity index (χ0v) is 12.4. The molecule has 1 aliphatic rings. The quantitative estimate of drug-likeness (QED) is 0.903. The molecule has 1 aromatic heterocycles. The van der Waals surface area contributed by atoms with Crippen LogP contribution in [-0.2, 0) is 4.74 Å². The molecule has 2 heterocycles. The third kappa shape index (κ3) is 4.34. The summed E-state index contributed by atoms with van der Waals surface area (Å²) in [7, 11) is 0. The molecule has 1 fully saturated rings. The van der Waals surface area contributed by atoms with Crippen molar-refractivity contribution in [2.75, 3.05) is 18.4 Å². The molecular formula is C12H20N4O2S. The van der Waals surface area contributed by atoms with E-state index in [0.717, 1.165) is 24.5 Å². The fourth-order valence-electron chi connectivity index (χ4n) is 2.00. The average Bonchev–Trinajstić information content (AvgIpc) is 2.80. The standard InChI is InChI=1S/C12H20N4O2S/c1-12(2,3)18-11(17)16-6-4-5-9(7-16)14-10-15-13-8-19-10/h8-9H,4-7H2,1-3H3,(H,14,15). The molecule has 1 N–H and O–H groups in total. The Kier molecular flexibility index (Phi) is 4.24. The van der Waals surface area contributed by atoms with Crippen molar-refractivity contribution in [3.05, 3.63) is 5.51 Å². The third-order valence-corrected chi connectivity index (χ3v) is 3.38. The summed E-state index contributed by atoms with van der Waals surface area (Å²) in [6.07, 6.45) is 1.76. The Labute approximate surface area is 117 Å². The second-order valence-electron chi connectivity index (χ2n) is 5.65. The summed E-state index contributed by atoms with van der Waals surface area (Å²) in [4.78, 5) is 13.8. The highest BCUT2D eigenvalue weighted by atomic mass is 32.1. The van der Waals surface area contributed by atoms with Gasteiger partial charge in [0.2, 0.25) is 5.13 Å². The van der Waals surface area contributed by atoms with Crippen molar-refractivity contribution in [3.8, 4) is 0 Å². The van der Waals surface area contributed by atoms with Gasteiger partial charge < -0.3 is 15.0 Å². The lowest BCUT2D eigenvalue weighted by Gasteiger charge is -2.34. The molecule has 6 nitrogen and oxygen atoms in total. The van der Waals surface area contributed by atoms with Gasteiger partial charge in [0.05, 0.1) is 0 Å². The summed E-state index contributed by atoms with van der Waals surface area (Å²) in [5, 5.41) is 11.9. The number of hydrogen-bond donors (Lipinski definition) is 1. The van der Waals surface area contributed by atoms with Crippen molar-refractivity contribution in [2.24, 2.45) is 0 Å². The van der Waals surface area contributed by atoms with Crippen LogP contribution in [0.3, 0.4) is 0 Å². The van der Waals surface area contributed by atoms with Gasteiger partial charge in [0, 0.05) is 19.1 Å². The second-order valence-corrected chi connectivity index (χ2v) is 6.49. The minimum absolute atomic E-state index is 0.217. The molecule has 0 aliphatic carbocycles. The van der Waals surface area contributed by atoms with Crippen molar-refractivity contribution >= 4 is 22.6 Å². The molecule has 1 aromatic rings. The van der Waals surface area contributed by atoms with E-state index in [4.69, 9.17) is 4.74 Å². The number of amides is 1. The highest BCUT2D eigenvalue weighted by molar-refractivity contribution is 7.13. The number of anilines is 1. The van der Waals surface area contributed by atoms with E-state index in [1.807, 2.05) is 20.8 Å². The molecule has 0 bridgehead atoms. The maximum atomic E-state index is 12.0. The number of nitrogens with one attached hydrogen (secondary N) is 1. The van der Waals surface area contributed by atoms with E-state index in [0.29, 0.717) is 6.54 Å². The van der Waals surface area contributed by atoms with E-state index in [-0.39, 0.29) is 12.1 Å². The number of piperidine rings is 1. The van der Waals surface area contributed by atoms with Crippen LogP contribution in [0.25, 0.3) is 0 Å². The molecule has 1 amide bonds. The van der Waals surface area contributed by atoms with Gasteiger partial charge in [-0.1, -0.05) is 11.3 Å². The number of hydrogen-bond acceptors (Lipinski definition) is 6. The summed E-state index contributed by atoms with van der Waals surface area (Å²) >= 11 is 1.47. The first-order chi connectivity index (χ1) is 8.94. The molecule has 7 heteroatoms. The molecule has 106 valence electrons. The van der Waals surface area contributed by atoms with Crippen LogP contribution in [0.4, 0.5) is 9.93 Å². The van der Waals surface area contributed by atoms with Gasteiger partial charge in [0.25, 0.3) is 0 Å². The van der Waals surface area contributed by atoms with Crippen LogP contribution in [0.2, 0.25) is 0 Å². The molecule has 0 radical (unpaired) electrons. The topological polar surface area (TPSA) is 67.3 Å². The number of aromatic nitrogens is 2. The van der Waals surface area contributed by atoms with Crippen molar-refractivity contribution < 1.29 is 9.53 Å². The van der Waals surface area contributed by atoms with Crippen molar-refractivity contribution in [3.63, 3.8) is 0 Å². The van der Waals surface area contributed by atoms with Gasteiger partial charge in [-0.2, -0.15) is 0 Å². The molecule has 1 atom stereocenters. The lowest BCUT2D eigenvalue weighted by Crippen LogP contribution is -2.46. The normalized spacial score (nSPS) is 20.2. The molecular weight excluding hydrogens is 264 g/mol. The smallest absolute Gasteiger partial charge is 0.410 e. The van der Waals surface area contributed by atoms with Crippen LogP contribution in [0.15, 0.2) is 5.51 Å². The fourth-order valence-corrected chi connectivity index (χ4v) is 2.52. The monoisotopic (exact) mass is 284 g/mol. The van der Waals surface area contributed by atoms with Gasteiger partial charge in [-0.25, -0.2) is 4.79 Å². The molecule has 1 unspecified atom stereocenters. The number of rotatable bonds is 2. The summed E-state index contributed by atoms with van der Waals surface area (Å²) in [5.74, 6) is 0. The molecule has 0 spiro atoms. The second kappa shape index (κ2) is 5.73. The third-order valence-electron chi connectivity index (χ3n) is 2.76. The first-order valence-electron chi connectivity index (χ1n) is 6.45.